The van der Waals surface area contributed by atoms with Crippen LogP contribution >= 0.6 is 0 Å². The van der Waals surface area contributed by atoms with Crippen molar-refractivity contribution in [3.8, 4) is 0 Å². The predicted molar refractivity (Wildman–Crippen MR) is 55.8 cm³/mol. The lowest BCUT2D eigenvalue weighted by Gasteiger charge is -2.32. The van der Waals surface area contributed by atoms with E-state index in [-0.39, 0.29) is 0 Å². The van der Waals surface area contributed by atoms with Crippen LogP contribution in [0.1, 0.15) is 32.1 Å². The molecule has 80 valence electrons. The maximum absolute atomic E-state index is 6.36. The molecule has 4 atom stereocenters. The van der Waals surface area contributed by atoms with Crippen molar-refractivity contribution in [2.75, 3.05) is 13.2 Å². The summed E-state index contributed by atoms with van der Waals surface area (Å²) in [4.78, 5) is 0. The van der Waals surface area contributed by atoms with Crippen molar-refractivity contribution in [2.24, 2.45) is 29.4 Å². The largest absolute Gasteiger partial charge is 0.381 e. The molecule has 2 nitrogen and oxygen atoms in total. The van der Waals surface area contributed by atoms with E-state index in [0.717, 1.165) is 31.0 Å². The molecule has 3 rings (SSSR count). The van der Waals surface area contributed by atoms with Gasteiger partial charge in [0.25, 0.3) is 0 Å². The van der Waals surface area contributed by atoms with Crippen molar-refractivity contribution < 1.29 is 4.74 Å². The standard InChI is InChI=1S/C12H21NO/c13-12(8-2-1-3-14-7-8)11-5-9-4-10(9)6-11/h8-12H,1-7,13H2. The van der Waals surface area contributed by atoms with Crippen molar-refractivity contribution in [1.82, 2.24) is 0 Å². The Morgan fingerprint density at radius 1 is 1.07 bits per heavy atom. The van der Waals surface area contributed by atoms with Gasteiger partial charge in [-0.1, -0.05) is 0 Å². The Morgan fingerprint density at radius 3 is 2.50 bits per heavy atom. The van der Waals surface area contributed by atoms with E-state index in [0.29, 0.717) is 12.0 Å². The Morgan fingerprint density at radius 2 is 1.86 bits per heavy atom. The molecule has 2 aliphatic carbocycles. The molecule has 4 unspecified atom stereocenters. The molecule has 0 aromatic rings. The SMILES string of the molecule is NC(C1CCCOC1)C1CC2CC2C1. The van der Waals surface area contributed by atoms with Gasteiger partial charge in [-0.25, -0.2) is 0 Å². The monoisotopic (exact) mass is 195 g/mol. The normalized spacial score (nSPS) is 48.6. The van der Waals surface area contributed by atoms with Crippen molar-refractivity contribution in [3.63, 3.8) is 0 Å². The minimum atomic E-state index is 0.433. The van der Waals surface area contributed by atoms with Crippen LogP contribution in [0.5, 0.6) is 0 Å². The fourth-order valence-corrected chi connectivity index (χ4v) is 3.53. The van der Waals surface area contributed by atoms with Gasteiger partial charge in [0.1, 0.15) is 0 Å². The third-order valence-electron chi connectivity index (χ3n) is 4.56. The first-order valence-corrected chi connectivity index (χ1v) is 6.18. The lowest BCUT2D eigenvalue weighted by molar-refractivity contribution is 0.0355. The number of hydrogen-bond acceptors (Lipinski definition) is 2. The first-order valence-electron chi connectivity index (χ1n) is 6.18. The molecule has 1 saturated heterocycles. The Balaban J connectivity index is 1.55. The van der Waals surface area contributed by atoms with Crippen LogP contribution in [0.3, 0.4) is 0 Å². The van der Waals surface area contributed by atoms with E-state index in [1.54, 1.807) is 0 Å². The summed E-state index contributed by atoms with van der Waals surface area (Å²) in [6, 6.07) is 0.433. The van der Waals surface area contributed by atoms with Gasteiger partial charge in [0.15, 0.2) is 0 Å². The van der Waals surface area contributed by atoms with Crippen LogP contribution in [0.4, 0.5) is 0 Å². The Hall–Kier alpha value is -0.0800. The van der Waals surface area contributed by atoms with Crippen LogP contribution in [0.15, 0.2) is 0 Å². The zero-order valence-corrected chi connectivity index (χ0v) is 8.82. The maximum atomic E-state index is 6.36. The molecule has 0 aromatic heterocycles. The van der Waals surface area contributed by atoms with Crippen LogP contribution in [0, 0.1) is 23.7 Å². The van der Waals surface area contributed by atoms with Crippen LogP contribution in [0.25, 0.3) is 0 Å². The van der Waals surface area contributed by atoms with E-state index >= 15 is 0 Å². The average molecular weight is 195 g/mol. The van der Waals surface area contributed by atoms with Crippen LogP contribution in [-0.2, 0) is 4.74 Å². The molecule has 2 N–H and O–H groups in total. The zero-order chi connectivity index (χ0) is 9.54. The molecule has 14 heavy (non-hydrogen) atoms. The number of nitrogens with two attached hydrogens (primary N) is 1. The summed E-state index contributed by atoms with van der Waals surface area (Å²) in [6.07, 6.45) is 6.86. The van der Waals surface area contributed by atoms with Gasteiger partial charge in [0, 0.05) is 12.6 Å². The Kier molecular flexibility index (Phi) is 2.29. The summed E-state index contributed by atoms with van der Waals surface area (Å²) in [5.41, 5.74) is 6.36. The first-order chi connectivity index (χ1) is 6.84. The number of rotatable bonds is 2. The van der Waals surface area contributed by atoms with Gasteiger partial charge in [-0.15, -0.1) is 0 Å². The fourth-order valence-electron chi connectivity index (χ4n) is 3.53. The quantitative estimate of drug-likeness (QED) is 0.729. The molecular weight excluding hydrogens is 174 g/mol. The second-order valence-electron chi connectivity index (χ2n) is 5.54. The lowest BCUT2D eigenvalue weighted by Crippen LogP contribution is -2.41. The highest BCUT2D eigenvalue weighted by Gasteiger charge is 2.48. The zero-order valence-electron chi connectivity index (χ0n) is 8.82. The van der Waals surface area contributed by atoms with E-state index in [1.165, 1.54) is 32.1 Å². The van der Waals surface area contributed by atoms with Crippen molar-refractivity contribution in [3.05, 3.63) is 0 Å². The van der Waals surface area contributed by atoms with Gasteiger partial charge in [-0.2, -0.15) is 0 Å². The molecule has 0 aromatic carbocycles. The smallest absolute Gasteiger partial charge is 0.0509 e. The van der Waals surface area contributed by atoms with Crippen molar-refractivity contribution in [2.45, 2.75) is 38.1 Å². The molecule has 0 amide bonds. The van der Waals surface area contributed by atoms with Crippen LogP contribution < -0.4 is 5.73 Å². The minimum absolute atomic E-state index is 0.433. The van der Waals surface area contributed by atoms with E-state index in [1.807, 2.05) is 0 Å². The minimum Gasteiger partial charge on any atom is -0.381 e. The third kappa shape index (κ3) is 1.59. The Labute approximate surface area is 86.2 Å². The molecular formula is C12H21NO. The van der Waals surface area contributed by atoms with Crippen LogP contribution in [0.2, 0.25) is 0 Å². The van der Waals surface area contributed by atoms with Gasteiger partial charge in [0.2, 0.25) is 0 Å². The summed E-state index contributed by atoms with van der Waals surface area (Å²) < 4.78 is 5.52. The van der Waals surface area contributed by atoms with E-state index in [4.69, 9.17) is 10.5 Å². The Bertz CT molecular complexity index is 200. The summed E-state index contributed by atoms with van der Waals surface area (Å²) in [6.45, 7) is 1.88. The second-order valence-corrected chi connectivity index (χ2v) is 5.54. The summed E-state index contributed by atoms with van der Waals surface area (Å²) in [7, 11) is 0. The van der Waals surface area contributed by atoms with E-state index in [9.17, 15) is 0 Å². The van der Waals surface area contributed by atoms with Gasteiger partial charge in [-0.05, 0) is 55.8 Å². The second kappa shape index (κ2) is 3.49. The molecule has 1 heterocycles. The number of fused-ring (bicyclic) bond motifs is 1. The lowest BCUT2D eigenvalue weighted by atomic mass is 9.83. The highest BCUT2D eigenvalue weighted by atomic mass is 16.5. The van der Waals surface area contributed by atoms with E-state index in [2.05, 4.69) is 0 Å². The molecule has 3 fully saturated rings. The molecule has 1 aliphatic heterocycles. The van der Waals surface area contributed by atoms with Crippen molar-refractivity contribution >= 4 is 0 Å². The van der Waals surface area contributed by atoms with Gasteiger partial charge < -0.3 is 10.5 Å². The van der Waals surface area contributed by atoms with Gasteiger partial charge in [-0.3, -0.25) is 0 Å². The molecule has 3 aliphatic rings. The summed E-state index contributed by atoms with van der Waals surface area (Å²) in [5.74, 6) is 3.61. The molecule has 0 spiro atoms. The van der Waals surface area contributed by atoms with Crippen molar-refractivity contribution in [1.29, 1.82) is 0 Å². The summed E-state index contributed by atoms with van der Waals surface area (Å²) >= 11 is 0. The topological polar surface area (TPSA) is 35.2 Å². The first kappa shape index (κ1) is 9.17. The molecule has 2 saturated carbocycles. The third-order valence-corrected chi connectivity index (χ3v) is 4.56. The van der Waals surface area contributed by atoms with Gasteiger partial charge >= 0.3 is 0 Å². The number of ether oxygens (including phenoxy) is 1. The van der Waals surface area contributed by atoms with Gasteiger partial charge in [0.05, 0.1) is 6.61 Å². The maximum Gasteiger partial charge on any atom is 0.0509 e. The predicted octanol–water partition coefficient (Wildman–Crippen LogP) is 1.79. The average Bonchev–Trinajstić information content (AvgIpc) is 2.86. The summed E-state index contributed by atoms with van der Waals surface area (Å²) in [5, 5.41) is 0. The molecule has 0 bridgehead atoms. The highest BCUT2D eigenvalue weighted by Crippen LogP contribution is 2.55. The fraction of sp³-hybridized carbons (Fsp3) is 1.00. The molecule has 2 heteroatoms. The van der Waals surface area contributed by atoms with E-state index < -0.39 is 0 Å². The highest BCUT2D eigenvalue weighted by molar-refractivity contribution is 4.99. The molecule has 0 radical (unpaired) electrons. The van der Waals surface area contributed by atoms with Crippen LogP contribution in [-0.4, -0.2) is 19.3 Å². The number of hydrogen-bond donors (Lipinski definition) is 1.